The molecule has 0 saturated heterocycles. The molecule has 0 amide bonds. The van der Waals surface area contributed by atoms with Gasteiger partial charge in [0.1, 0.15) is 5.82 Å². The number of rotatable bonds is 2. The average Bonchev–Trinajstić information content (AvgIpc) is 2.33. The first-order valence-electron chi connectivity index (χ1n) is 5.32. The fraction of sp³-hybridized carbons (Fsp3) is 0.0714. The molecule has 2 aromatic rings. The molecule has 0 radical (unpaired) electrons. The molecule has 0 heterocycles. The van der Waals surface area contributed by atoms with E-state index in [0.717, 1.165) is 15.7 Å². The maximum atomic E-state index is 13.3. The summed E-state index contributed by atoms with van der Waals surface area (Å²) in [7, 11) is 0. The SMILES string of the molecule is Cc1ccc(Br)cc1Nc1cc(F)cc(C#N)c1. The number of anilines is 2. The van der Waals surface area contributed by atoms with Crippen molar-refractivity contribution in [2.75, 3.05) is 5.32 Å². The Morgan fingerprint density at radius 1 is 1.22 bits per heavy atom. The van der Waals surface area contributed by atoms with Gasteiger partial charge in [-0.15, -0.1) is 0 Å². The van der Waals surface area contributed by atoms with Gasteiger partial charge in [-0.2, -0.15) is 5.26 Å². The van der Waals surface area contributed by atoms with Crippen molar-refractivity contribution >= 4 is 27.3 Å². The van der Waals surface area contributed by atoms with Gasteiger partial charge < -0.3 is 5.32 Å². The number of aryl methyl sites for hydroxylation is 1. The predicted octanol–water partition coefficient (Wildman–Crippen LogP) is 4.51. The Morgan fingerprint density at radius 3 is 2.72 bits per heavy atom. The van der Waals surface area contributed by atoms with Crippen LogP contribution in [0.2, 0.25) is 0 Å². The number of halogens is 2. The Balaban J connectivity index is 2.37. The molecule has 2 rings (SSSR count). The lowest BCUT2D eigenvalue weighted by Gasteiger charge is -2.10. The first kappa shape index (κ1) is 12.6. The van der Waals surface area contributed by atoms with Crippen LogP contribution < -0.4 is 5.32 Å². The molecule has 0 bridgehead atoms. The van der Waals surface area contributed by atoms with E-state index in [1.54, 1.807) is 6.07 Å². The molecule has 0 aliphatic rings. The van der Waals surface area contributed by atoms with Crippen LogP contribution in [-0.4, -0.2) is 0 Å². The second-order valence-electron chi connectivity index (χ2n) is 3.92. The van der Waals surface area contributed by atoms with Crippen LogP contribution in [-0.2, 0) is 0 Å². The Labute approximate surface area is 113 Å². The van der Waals surface area contributed by atoms with Crippen molar-refractivity contribution < 1.29 is 4.39 Å². The Kier molecular flexibility index (Phi) is 3.63. The van der Waals surface area contributed by atoms with Crippen molar-refractivity contribution in [3.63, 3.8) is 0 Å². The van der Waals surface area contributed by atoms with Gasteiger partial charge in [-0.1, -0.05) is 22.0 Å². The van der Waals surface area contributed by atoms with E-state index in [0.29, 0.717) is 11.3 Å². The van der Waals surface area contributed by atoms with Crippen molar-refractivity contribution in [1.82, 2.24) is 0 Å². The summed E-state index contributed by atoms with van der Waals surface area (Å²) in [6.45, 7) is 1.96. The summed E-state index contributed by atoms with van der Waals surface area (Å²) in [5.41, 5.74) is 2.78. The van der Waals surface area contributed by atoms with Gasteiger partial charge >= 0.3 is 0 Å². The summed E-state index contributed by atoms with van der Waals surface area (Å²) in [5.74, 6) is -0.427. The van der Waals surface area contributed by atoms with Crippen LogP contribution in [0, 0.1) is 24.1 Å². The van der Waals surface area contributed by atoms with E-state index in [9.17, 15) is 4.39 Å². The fourth-order valence-corrected chi connectivity index (χ4v) is 1.97. The molecule has 0 atom stereocenters. The van der Waals surface area contributed by atoms with Crippen molar-refractivity contribution in [3.05, 3.63) is 57.8 Å². The van der Waals surface area contributed by atoms with E-state index >= 15 is 0 Å². The van der Waals surface area contributed by atoms with Crippen molar-refractivity contribution in [1.29, 1.82) is 5.26 Å². The molecule has 18 heavy (non-hydrogen) atoms. The van der Waals surface area contributed by atoms with Gasteiger partial charge in [0.25, 0.3) is 0 Å². The van der Waals surface area contributed by atoms with E-state index in [1.165, 1.54) is 12.1 Å². The zero-order valence-corrected chi connectivity index (χ0v) is 11.3. The van der Waals surface area contributed by atoms with Crippen LogP contribution in [0.1, 0.15) is 11.1 Å². The monoisotopic (exact) mass is 304 g/mol. The fourth-order valence-electron chi connectivity index (χ4n) is 1.61. The van der Waals surface area contributed by atoms with Crippen LogP contribution in [0.3, 0.4) is 0 Å². The number of benzene rings is 2. The minimum Gasteiger partial charge on any atom is -0.355 e. The third-order valence-corrected chi connectivity index (χ3v) is 3.00. The highest BCUT2D eigenvalue weighted by molar-refractivity contribution is 9.10. The first-order chi connectivity index (χ1) is 8.58. The lowest BCUT2D eigenvalue weighted by Crippen LogP contribution is -1.94. The molecule has 2 nitrogen and oxygen atoms in total. The molecule has 0 aliphatic heterocycles. The molecule has 0 aliphatic carbocycles. The second kappa shape index (κ2) is 5.19. The standard InChI is InChI=1S/C14H10BrFN2/c1-9-2-3-11(15)6-14(9)18-13-5-10(8-17)4-12(16)7-13/h2-7,18H,1H3. The molecular weight excluding hydrogens is 295 g/mol. The van der Waals surface area contributed by atoms with Crippen molar-refractivity contribution in [2.24, 2.45) is 0 Å². The number of nitrogens with one attached hydrogen (secondary N) is 1. The maximum Gasteiger partial charge on any atom is 0.126 e. The van der Waals surface area contributed by atoms with E-state index in [2.05, 4.69) is 21.2 Å². The van der Waals surface area contributed by atoms with E-state index in [1.807, 2.05) is 31.2 Å². The van der Waals surface area contributed by atoms with Gasteiger partial charge in [0.15, 0.2) is 0 Å². The molecule has 0 fully saturated rings. The topological polar surface area (TPSA) is 35.8 Å². The zero-order chi connectivity index (χ0) is 13.1. The zero-order valence-electron chi connectivity index (χ0n) is 9.67. The first-order valence-corrected chi connectivity index (χ1v) is 6.11. The normalized spacial score (nSPS) is 9.89. The van der Waals surface area contributed by atoms with E-state index in [4.69, 9.17) is 5.26 Å². The highest BCUT2D eigenvalue weighted by atomic mass is 79.9. The highest BCUT2D eigenvalue weighted by Crippen LogP contribution is 2.25. The predicted molar refractivity (Wildman–Crippen MR) is 73.3 cm³/mol. The van der Waals surface area contributed by atoms with Gasteiger partial charge in [0, 0.05) is 15.8 Å². The Hall–Kier alpha value is -1.86. The molecule has 0 spiro atoms. The van der Waals surface area contributed by atoms with Crippen molar-refractivity contribution in [3.8, 4) is 6.07 Å². The number of nitriles is 1. The molecule has 4 heteroatoms. The summed E-state index contributed by atoms with van der Waals surface area (Å²) in [4.78, 5) is 0. The Bertz CT molecular complexity index is 632. The van der Waals surface area contributed by atoms with Gasteiger partial charge in [-0.3, -0.25) is 0 Å². The van der Waals surface area contributed by atoms with Crippen LogP contribution in [0.15, 0.2) is 40.9 Å². The van der Waals surface area contributed by atoms with Crippen LogP contribution >= 0.6 is 15.9 Å². The lowest BCUT2D eigenvalue weighted by molar-refractivity contribution is 0.628. The van der Waals surface area contributed by atoms with Gasteiger partial charge in [0.05, 0.1) is 11.6 Å². The van der Waals surface area contributed by atoms with Gasteiger partial charge in [0.2, 0.25) is 0 Å². The van der Waals surface area contributed by atoms with Gasteiger partial charge in [-0.25, -0.2) is 4.39 Å². The molecule has 1 N–H and O–H groups in total. The largest absolute Gasteiger partial charge is 0.355 e. The smallest absolute Gasteiger partial charge is 0.126 e. The van der Waals surface area contributed by atoms with Crippen LogP contribution in [0.25, 0.3) is 0 Å². The number of hydrogen-bond acceptors (Lipinski definition) is 2. The number of nitrogens with zero attached hydrogens (tertiary/aromatic N) is 1. The number of hydrogen-bond donors (Lipinski definition) is 1. The summed E-state index contributed by atoms with van der Waals surface area (Å²) in [5, 5.41) is 11.9. The maximum absolute atomic E-state index is 13.3. The molecule has 0 aromatic heterocycles. The Morgan fingerprint density at radius 2 is 2.00 bits per heavy atom. The lowest BCUT2D eigenvalue weighted by atomic mass is 10.1. The second-order valence-corrected chi connectivity index (χ2v) is 4.84. The van der Waals surface area contributed by atoms with Crippen LogP contribution in [0.4, 0.5) is 15.8 Å². The molecule has 2 aromatic carbocycles. The summed E-state index contributed by atoms with van der Waals surface area (Å²) in [6.07, 6.45) is 0. The quantitative estimate of drug-likeness (QED) is 0.886. The summed E-state index contributed by atoms with van der Waals surface area (Å²) in [6, 6.07) is 11.9. The molecule has 90 valence electrons. The molecule has 0 saturated carbocycles. The van der Waals surface area contributed by atoms with Gasteiger partial charge in [-0.05, 0) is 42.8 Å². The average molecular weight is 305 g/mol. The van der Waals surface area contributed by atoms with Crippen molar-refractivity contribution in [2.45, 2.75) is 6.92 Å². The van der Waals surface area contributed by atoms with E-state index < -0.39 is 5.82 Å². The molecule has 0 unspecified atom stereocenters. The third-order valence-electron chi connectivity index (χ3n) is 2.51. The van der Waals surface area contributed by atoms with E-state index in [-0.39, 0.29) is 0 Å². The highest BCUT2D eigenvalue weighted by Gasteiger charge is 2.03. The summed E-state index contributed by atoms with van der Waals surface area (Å²) >= 11 is 3.39. The third kappa shape index (κ3) is 2.88. The molecular formula is C14H10BrFN2. The van der Waals surface area contributed by atoms with Crippen LogP contribution in [0.5, 0.6) is 0 Å². The minimum absolute atomic E-state index is 0.296. The summed E-state index contributed by atoms with van der Waals surface area (Å²) < 4.78 is 14.2. The minimum atomic E-state index is -0.427.